The van der Waals surface area contributed by atoms with Gasteiger partial charge >= 0.3 is 0 Å². The number of carbonyl (C=O) groups excluding carboxylic acids is 2. The van der Waals surface area contributed by atoms with E-state index < -0.39 is 0 Å². The van der Waals surface area contributed by atoms with E-state index in [4.69, 9.17) is 32.4 Å². The minimum atomic E-state index is -0.216. The topological polar surface area (TPSA) is 71.8 Å². The van der Waals surface area contributed by atoms with Crippen molar-refractivity contribution >= 4 is 46.0 Å². The first kappa shape index (κ1) is 21.5. The van der Waals surface area contributed by atoms with E-state index in [9.17, 15) is 9.59 Å². The molecule has 1 fully saturated rings. The number of hydrogen-bond donors (Lipinski definition) is 1. The van der Waals surface area contributed by atoms with Crippen molar-refractivity contribution in [1.82, 2.24) is 10.2 Å². The molecular weight excluding hydrogens is 439 g/mol. The third-order valence-corrected chi connectivity index (χ3v) is 5.91. The number of nitrogens with zero attached hydrogens (tertiary/aromatic N) is 1. The number of amides is 2. The highest BCUT2D eigenvalue weighted by Gasteiger charge is 2.26. The van der Waals surface area contributed by atoms with Gasteiger partial charge in [0, 0.05) is 30.0 Å². The van der Waals surface area contributed by atoms with E-state index in [1.54, 1.807) is 24.3 Å². The van der Waals surface area contributed by atoms with Crippen LogP contribution in [-0.4, -0.2) is 43.0 Å². The van der Waals surface area contributed by atoms with Gasteiger partial charge in [-0.2, -0.15) is 0 Å². The summed E-state index contributed by atoms with van der Waals surface area (Å²) in [5, 5.41) is 4.68. The first-order chi connectivity index (χ1) is 15.0. The number of ether oxygens (including phenoxy) is 1. The molecule has 1 aromatic heterocycles. The molecule has 31 heavy (non-hydrogen) atoms. The van der Waals surface area contributed by atoms with Gasteiger partial charge in [-0.3, -0.25) is 9.59 Å². The van der Waals surface area contributed by atoms with E-state index in [2.05, 4.69) is 5.32 Å². The second-order valence-electron chi connectivity index (χ2n) is 7.55. The molecule has 1 N–H and O–H groups in total. The normalized spacial score (nSPS) is 14.6. The van der Waals surface area contributed by atoms with Gasteiger partial charge in [-0.1, -0.05) is 41.4 Å². The fourth-order valence-electron chi connectivity index (χ4n) is 3.63. The second-order valence-corrected chi connectivity index (χ2v) is 8.40. The van der Waals surface area contributed by atoms with Gasteiger partial charge in [0.25, 0.3) is 11.8 Å². The van der Waals surface area contributed by atoms with Crippen LogP contribution in [0.25, 0.3) is 11.0 Å². The lowest BCUT2D eigenvalue weighted by atomic mass is 9.96. The maximum absolute atomic E-state index is 12.7. The lowest BCUT2D eigenvalue weighted by Gasteiger charge is -2.31. The van der Waals surface area contributed by atoms with Gasteiger partial charge in [0.05, 0.1) is 5.02 Å². The lowest BCUT2D eigenvalue weighted by molar-refractivity contribution is -0.123. The van der Waals surface area contributed by atoms with Crippen LogP contribution < -0.4 is 10.1 Å². The van der Waals surface area contributed by atoms with Gasteiger partial charge in [0.1, 0.15) is 11.3 Å². The Morgan fingerprint density at radius 1 is 1.10 bits per heavy atom. The summed E-state index contributed by atoms with van der Waals surface area (Å²) in [7, 11) is 0. The molecule has 6 nitrogen and oxygen atoms in total. The molecular formula is C23H22Cl2N2O4. The number of carbonyl (C=O) groups is 2. The average Bonchev–Trinajstić information content (AvgIpc) is 3.21. The van der Waals surface area contributed by atoms with E-state index in [1.807, 2.05) is 29.2 Å². The Hall–Kier alpha value is -2.70. The quantitative estimate of drug-likeness (QED) is 0.573. The number of piperidine rings is 1. The Kier molecular flexibility index (Phi) is 6.68. The van der Waals surface area contributed by atoms with Crippen LogP contribution in [0, 0.1) is 5.92 Å². The third kappa shape index (κ3) is 5.32. The summed E-state index contributed by atoms with van der Waals surface area (Å²) < 4.78 is 11.1. The molecule has 1 saturated heterocycles. The number of para-hydroxylation sites is 1. The van der Waals surface area contributed by atoms with Crippen molar-refractivity contribution in [3.63, 3.8) is 0 Å². The van der Waals surface area contributed by atoms with Crippen molar-refractivity contribution in [2.75, 3.05) is 26.2 Å². The van der Waals surface area contributed by atoms with Gasteiger partial charge in [-0.25, -0.2) is 0 Å². The summed E-state index contributed by atoms with van der Waals surface area (Å²) in [6.45, 7) is 1.69. The Bertz CT molecular complexity index is 1060. The Morgan fingerprint density at radius 2 is 1.87 bits per heavy atom. The van der Waals surface area contributed by atoms with Gasteiger partial charge in [0.2, 0.25) is 0 Å². The van der Waals surface area contributed by atoms with Crippen molar-refractivity contribution in [2.24, 2.45) is 5.92 Å². The van der Waals surface area contributed by atoms with Gasteiger partial charge < -0.3 is 19.4 Å². The molecule has 1 aliphatic rings. The van der Waals surface area contributed by atoms with Crippen LogP contribution in [-0.2, 0) is 4.79 Å². The number of fused-ring (bicyclic) bond motifs is 1. The molecule has 2 aromatic carbocycles. The zero-order valence-electron chi connectivity index (χ0n) is 16.8. The Labute approximate surface area is 190 Å². The van der Waals surface area contributed by atoms with Crippen molar-refractivity contribution in [3.05, 3.63) is 64.3 Å². The molecule has 0 aliphatic carbocycles. The number of likely N-dealkylation sites (tertiary alicyclic amines) is 1. The predicted octanol–water partition coefficient (Wildman–Crippen LogP) is 4.79. The molecule has 0 radical (unpaired) electrons. The number of halogens is 2. The molecule has 0 bridgehead atoms. The summed E-state index contributed by atoms with van der Waals surface area (Å²) in [4.78, 5) is 26.6. The Balaban J connectivity index is 1.21. The monoisotopic (exact) mass is 460 g/mol. The molecule has 0 atom stereocenters. The van der Waals surface area contributed by atoms with Crippen LogP contribution in [0.2, 0.25) is 10.0 Å². The molecule has 0 saturated carbocycles. The molecule has 0 spiro atoms. The zero-order chi connectivity index (χ0) is 21.8. The first-order valence-electron chi connectivity index (χ1n) is 10.1. The van der Waals surface area contributed by atoms with E-state index in [1.165, 1.54) is 0 Å². The summed E-state index contributed by atoms with van der Waals surface area (Å²) in [6, 6.07) is 14.2. The molecule has 1 aliphatic heterocycles. The largest absolute Gasteiger partial charge is 0.482 e. The average molecular weight is 461 g/mol. The highest BCUT2D eigenvalue weighted by Crippen LogP contribution is 2.27. The number of rotatable bonds is 6. The first-order valence-corrected chi connectivity index (χ1v) is 10.9. The van der Waals surface area contributed by atoms with E-state index in [-0.39, 0.29) is 18.4 Å². The zero-order valence-corrected chi connectivity index (χ0v) is 18.3. The molecule has 4 rings (SSSR count). The van der Waals surface area contributed by atoms with E-state index in [0.717, 1.165) is 18.2 Å². The lowest BCUT2D eigenvalue weighted by Crippen LogP contribution is -2.42. The Morgan fingerprint density at radius 3 is 2.61 bits per heavy atom. The van der Waals surface area contributed by atoms with Crippen LogP contribution in [0.4, 0.5) is 0 Å². The highest BCUT2D eigenvalue weighted by atomic mass is 35.5. The summed E-state index contributed by atoms with van der Waals surface area (Å²) in [6.07, 6.45) is 1.63. The van der Waals surface area contributed by atoms with E-state index >= 15 is 0 Å². The van der Waals surface area contributed by atoms with Crippen LogP contribution in [0.3, 0.4) is 0 Å². The van der Waals surface area contributed by atoms with Crippen LogP contribution in [0.5, 0.6) is 5.75 Å². The van der Waals surface area contributed by atoms with Crippen molar-refractivity contribution in [1.29, 1.82) is 0 Å². The van der Waals surface area contributed by atoms with E-state index in [0.29, 0.717) is 52.7 Å². The highest BCUT2D eigenvalue weighted by molar-refractivity contribution is 6.35. The molecule has 8 heteroatoms. The number of furan rings is 1. The summed E-state index contributed by atoms with van der Waals surface area (Å²) >= 11 is 11.9. The second kappa shape index (κ2) is 9.62. The standard InChI is InChI=1S/C23H22Cl2N2O4/c24-17-5-6-20(18(25)12-17)30-14-22(28)26-13-15-7-9-27(10-8-15)23(29)21-11-16-3-1-2-4-19(16)31-21/h1-6,11-12,15H,7-10,13-14H2,(H,26,28). The smallest absolute Gasteiger partial charge is 0.289 e. The summed E-state index contributed by atoms with van der Waals surface area (Å²) in [5.74, 6) is 0.783. The van der Waals surface area contributed by atoms with Crippen molar-refractivity contribution < 1.29 is 18.7 Å². The fraction of sp³-hybridized carbons (Fsp3) is 0.304. The van der Waals surface area contributed by atoms with Gasteiger partial charge in [-0.05, 0) is 49.1 Å². The minimum absolute atomic E-state index is 0.0908. The SMILES string of the molecule is O=C(COc1ccc(Cl)cc1Cl)NCC1CCN(C(=O)c2cc3ccccc3o2)CC1. The third-order valence-electron chi connectivity index (χ3n) is 5.38. The van der Waals surface area contributed by atoms with Crippen LogP contribution in [0.1, 0.15) is 23.4 Å². The van der Waals surface area contributed by atoms with Gasteiger partial charge in [-0.15, -0.1) is 0 Å². The molecule has 0 unspecified atom stereocenters. The molecule has 162 valence electrons. The number of nitrogens with one attached hydrogen (secondary N) is 1. The maximum atomic E-state index is 12.7. The molecule has 3 aromatic rings. The number of benzene rings is 2. The van der Waals surface area contributed by atoms with Crippen LogP contribution in [0.15, 0.2) is 52.9 Å². The van der Waals surface area contributed by atoms with Crippen molar-refractivity contribution in [3.8, 4) is 5.75 Å². The summed E-state index contributed by atoms with van der Waals surface area (Å²) in [5.41, 5.74) is 0.713. The minimum Gasteiger partial charge on any atom is -0.482 e. The fourth-order valence-corrected chi connectivity index (χ4v) is 4.09. The predicted molar refractivity (Wildman–Crippen MR) is 120 cm³/mol. The van der Waals surface area contributed by atoms with Gasteiger partial charge in [0.15, 0.2) is 12.4 Å². The molecule has 2 amide bonds. The van der Waals surface area contributed by atoms with Crippen molar-refractivity contribution in [2.45, 2.75) is 12.8 Å². The molecule has 2 heterocycles. The maximum Gasteiger partial charge on any atom is 0.289 e. The van der Waals surface area contributed by atoms with Crippen LogP contribution >= 0.6 is 23.2 Å². The number of hydrogen-bond acceptors (Lipinski definition) is 4.